The van der Waals surface area contributed by atoms with Gasteiger partial charge in [0, 0.05) is 11.6 Å². The first-order valence-corrected chi connectivity index (χ1v) is 10.1. The average molecular weight is 392 g/mol. The molecule has 1 heterocycles. The largest absolute Gasteiger partial charge is 0.497 e. The number of ether oxygens (including phenoxy) is 1. The van der Waals surface area contributed by atoms with Crippen molar-refractivity contribution in [3.05, 3.63) is 60.7 Å². The molecule has 29 heavy (non-hydrogen) atoms. The van der Waals surface area contributed by atoms with Gasteiger partial charge >= 0.3 is 5.97 Å². The summed E-state index contributed by atoms with van der Waals surface area (Å²) >= 11 is 0. The molecule has 0 unspecified atom stereocenters. The highest BCUT2D eigenvalue weighted by atomic mass is 16.5. The van der Waals surface area contributed by atoms with Crippen LogP contribution in [0.2, 0.25) is 0 Å². The molecule has 0 radical (unpaired) electrons. The van der Waals surface area contributed by atoms with Gasteiger partial charge in [-0.25, -0.2) is 9.78 Å². The molecule has 0 amide bonds. The van der Waals surface area contributed by atoms with Gasteiger partial charge in [-0.3, -0.25) is 0 Å². The number of aromatic nitrogens is 2. The van der Waals surface area contributed by atoms with E-state index in [9.17, 15) is 9.90 Å². The lowest BCUT2D eigenvalue weighted by Crippen LogP contribution is -2.14. The van der Waals surface area contributed by atoms with E-state index in [0.29, 0.717) is 6.04 Å². The SMILES string of the molecule is C=CC.COc1ccc(-c2nc3cc(C(=O)O)ccc3n2C2CCCCC2)cc1. The van der Waals surface area contributed by atoms with Gasteiger partial charge in [0.15, 0.2) is 0 Å². The van der Waals surface area contributed by atoms with Crippen LogP contribution in [0.3, 0.4) is 0 Å². The van der Waals surface area contributed by atoms with Gasteiger partial charge in [0.05, 0.1) is 23.7 Å². The van der Waals surface area contributed by atoms with Crippen LogP contribution >= 0.6 is 0 Å². The Morgan fingerprint density at radius 3 is 2.41 bits per heavy atom. The molecule has 152 valence electrons. The number of benzene rings is 2. The molecule has 1 aromatic heterocycles. The van der Waals surface area contributed by atoms with Gasteiger partial charge in [0.1, 0.15) is 11.6 Å². The molecular formula is C24H28N2O3. The third-order valence-corrected chi connectivity index (χ3v) is 5.22. The molecular weight excluding hydrogens is 364 g/mol. The summed E-state index contributed by atoms with van der Waals surface area (Å²) < 4.78 is 7.57. The maximum atomic E-state index is 11.3. The molecule has 1 aliphatic carbocycles. The van der Waals surface area contributed by atoms with E-state index in [-0.39, 0.29) is 5.56 Å². The maximum Gasteiger partial charge on any atom is 0.335 e. The van der Waals surface area contributed by atoms with E-state index in [2.05, 4.69) is 11.1 Å². The molecule has 1 fully saturated rings. The van der Waals surface area contributed by atoms with Crippen molar-refractivity contribution in [2.75, 3.05) is 7.11 Å². The van der Waals surface area contributed by atoms with Crippen LogP contribution in [0, 0.1) is 0 Å². The summed E-state index contributed by atoms with van der Waals surface area (Å²) in [6.45, 7) is 5.25. The fourth-order valence-electron chi connectivity index (χ4n) is 3.88. The Hall–Kier alpha value is -3.08. The van der Waals surface area contributed by atoms with Gasteiger partial charge in [0.25, 0.3) is 0 Å². The third-order valence-electron chi connectivity index (χ3n) is 5.22. The van der Waals surface area contributed by atoms with Crippen LogP contribution in [0.4, 0.5) is 0 Å². The lowest BCUT2D eigenvalue weighted by atomic mass is 9.95. The molecule has 5 heteroatoms. The van der Waals surface area contributed by atoms with E-state index < -0.39 is 5.97 Å². The van der Waals surface area contributed by atoms with Gasteiger partial charge in [-0.15, -0.1) is 6.58 Å². The lowest BCUT2D eigenvalue weighted by Gasteiger charge is -2.25. The number of aromatic carboxylic acids is 1. The van der Waals surface area contributed by atoms with E-state index in [4.69, 9.17) is 9.72 Å². The number of carboxylic acid groups (broad SMARTS) is 1. The van der Waals surface area contributed by atoms with E-state index in [1.807, 2.05) is 37.3 Å². The number of hydrogen-bond donors (Lipinski definition) is 1. The first kappa shape index (κ1) is 20.6. The first-order valence-electron chi connectivity index (χ1n) is 10.1. The van der Waals surface area contributed by atoms with Gasteiger partial charge in [0.2, 0.25) is 0 Å². The highest BCUT2D eigenvalue weighted by molar-refractivity contribution is 5.93. The number of methoxy groups -OCH3 is 1. The number of carbonyl (C=O) groups is 1. The van der Waals surface area contributed by atoms with E-state index in [0.717, 1.165) is 41.0 Å². The van der Waals surface area contributed by atoms with Crippen molar-refractivity contribution in [1.82, 2.24) is 9.55 Å². The molecule has 0 bridgehead atoms. The second-order valence-corrected chi connectivity index (χ2v) is 7.24. The molecule has 0 saturated heterocycles. The summed E-state index contributed by atoms with van der Waals surface area (Å²) in [5, 5.41) is 9.30. The zero-order valence-corrected chi connectivity index (χ0v) is 17.1. The predicted molar refractivity (Wildman–Crippen MR) is 117 cm³/mol. The molecule has 0 spiro atoms. The minimum Gasteiger partial charge on any atom is -0.497 e. The minimum atomic E-state index is -0.926. The molecule has 5 nitrogen and oxygen atoms in total. The van der Waals surface area contributed by atoms with Crippen molar-refractivity contribution in [1.29, 1.82) is 0 Å². The molecule has 0 aliphatic heterocycles. The van der Waals surface area contributed by atoms with Gasteiger partial charge in [-0.1, -0.05) is 25.3 Å². The van der Waals surface area contributed by atoms with E-state index in [1.54, 1.807) is 25.3 Å². The van der Waals surface area contributed by atoms with Crippen molar-refractivity contribution in [3.8, 4) is 17.1 Å². The fraction of sp³-hybridized carbons (Fsp3) is 0.333. The van der Waals surface area contributed by atoms with Crippen LogP contribution in [0.15, 0.2) is 55.1 Å². The normalized spacial score (nSPS) is 14.1. The van der Waals surface area contributed by atoms with Crippen molar-refractivity contribution in [2.45, 2.75) is 45.1 Å². The Morgan fingerprint density at radius 2 is 1.83 bits per heavy atom. The molecule has 0 atom stereocenters. The second-order valence-electron chi connectivity index (χ2n) is 7.24. The molecule has 1 saturated carbocycles. The summed E-state index contributed by atoms with van der Waals surface area (Å²) in [5.74, 6) is 0.782. The number of carboxylic acids is 1. The van der Waals surface area contributed by atoms with Gasteiger partial charge < -0.3 is 14.4 Å². The van der Waals surface area contributed by atoms with Crippen LogP contribution in [0.1, 0.15) is 55.4 Å². The van der Waals surface area contributed by atoms with Crippen LogP contribution in [0.5, 0.6) is 5.75 Å². The Balaban J connectivity index is 0.000000755. The Kier molecular flexibility index (Phi) is 6.70. The van der Waals surface area contributed by atoms with Gasteiger partial charge in [-0.2, -0.15) is 0 Å². The summed E-state index contributed by atoms with van der Waals surface area (Å²) in [7, 11) is 1.65. The smallest absolute Gasteiger partial charge is 0.335 e. The number of hydrogen-bond acceptors (Lipinski definition) is 3. The molecule has 4 rings (SSSR count). The monoisotopic (exact) mass is 392 g/mol. The predicted octanol–water partition coefficient (Wildman–Crippen LogP) is 6.11. The quantitative estimate of drug-likeness (QED) is 0.544. The van der Waals surface area contributed by atoms with E-state index in [1.165, 1.54) is 19.3 Å². The second kappa shape index (κ2) is 9.41. The van der Waals surface area contributed by atoms with Crippen molar-refractivity contribution < 1.29 is 14.6 Å². The van der Waals surface area contributed by atoms with Crippen molar-refractivity contribution in [2.24, 2.45) is 0 Å². The Morgan fingerprint density at radius 1 is 1.17 bits per heavy atom. The van der Waals surface area contributed by atoms with E-state index >= 15 is 0 Å². The lowest BCUT2D eigenvalue weighted by molar-refractivity contribution is 0.0697. The minimum absolute atomic E-state index is 0.270. The highest BCUT2D eigenvalue weighted by Crippen LogP contribution is 2.36. The summed E-state index contributed by atoms with van der Waals surface area (Å²) in [6, 6.07) is 13.5. The Bertz CT molecular complexity index is 983. The van der Waals surface area contributed by atoms with Crippen molar-refractivity contribution in [3.63, 3.8) is 0 Å². The topological polar surface area (TPSA) is 64.3 Å². The fourth-order valence-corrected chi connectivity index (χ4v) is 3.88. The number of nitrogens with zero attached hydrogens (tertiary/aromatic N) is 2. The maximum absolute atomic E-state index is 11.3. The van der Waals surface area contributed by atoms with Crippen LogP contribution in [0.25, 0.3) is 22.4 Å². The number of fused-ring (bicyclic) bond motifs is 1. The van der Waals surface area contributed by atoms with Crippen molar-refractivity contribution >= 4 is 17.0 Å². The molecule has 2 aromatic carbocycles. The zero-order chi connectivity index (χ0) is 20.8. The first-order chi connectivity index (χ1) is 14.1. The standard InChI is InChI=1S/C21H22N2O3.C3H6/c1-26-17-10-7-14(8-11-17)20-22-18-13-15(21(24)25)9-12-19(18)23(20)16-5-3-2-4-6-16;1-3-2/h7-13,16H,2-6H2,1H3,(H,24,25);3H,1H2,2H3. The zero-order valence-electron chi connectivity index (χ0n) is 17.1. The van der Waals surface area contributed by atoms with Crippen LogP contribution in [-0.2, 0) is 0 Å². The number of imidazole rings is 1. The van der Waals surface area contributed by atoms with Crippen LogP contribution in [-0.4, -0.2) is 27.7 Å². The van der Waals surface area contributed by atoms with Crippen LogP contribution < -0.4 is 4.74 Å². The molecule has 1 aliphatic rings. The third kappa shape index (κ3) is 4.50. The van der Waals surface area contributed by atoms with Gasteiger partial charge in [-0.05, 0) is 62.2 Å². The summed E-state index contributed by atoms with van der Waals surface area (Å²) in [4.78, 5) is 16.1. The highest BCUT2D eigenvalue weighted by Gasteiger charge is 2.23. The molecule has 3 aromatic rings. The average Bonchev–Trinajstić information content (AvgIpc) is 3.13. The molecule has 1 N–H and O–H groups in total. The summed E-state index contributed by atoms with van der Waals surface area (Å²) in [5.41, 5.74) is 3.03. The number of rotatable bonds is 4. The Labute approximate surface area is 171 Å². The summed E-state index contributed by atoms with van der Waals surface area (Å²) in [6.07, 6.45) is 7.74. The number of allylic oxidation sites excluding steroid dienone is 1.